The fourth-order valence-corrected chi connectivity index (χ4v) is 6.75. The third kappa shape index (κ3) is 5.20. The van der Waals surface area contributed by atoms with Gasteiger partial charge in [0, 0.05) is 0 Å². The first-order valence-electron chi connectivity index (χ1n) is 5.93. The van der Waals surface area contributed by atoms with E-state index < -0.39 is 37.2 Å². The predicted molar refractivity (Wildman–Crippen MR) is 78.2 cm³/mol. The van der Waals surface area contributed by atoms with E-state index in [4.69, 9.17) is 3.07 Å². The molecular formula is C13H22O2Sn2. The monoisotopic (exact) mass is 450 g/mol. The Balaban J connectivity index is 2.97. The zero-order valence-corrected chi connectivity index (χ0v) is 17.3. The van der Waals surface area contributed by atoms with Gasteiger partial charge in [0.05, 0.1) is 0 Å². The Labute approximate surface area is 113 Å². The van der Waals surface area contributed by atoms with E-state index in [9.17, 15) is 4.79 Å². The summed E-state index contributed by atoms with van der Waals surface area (Å²) in [6, 6.07) is 8.02. The molecule has 2 nitrogen and oxygen atoms in total. The maximum atomic E-state index is 12.0. The summed E-state index contributed by atoms with van der Waals surface area (Å²) >= 11 is -4.58. The van der Waals surface area contributed by atoms with Crippen molar-refractivity contribution in [2.75, 3.05) is 0 Å². The molecule has 0 fully saturated rings. The van der Waals surface area contributed by atoms with Gasteiger partial charge >= 0.3 is 114 Å². The summed E-state index contributed by atoms with van der Waals surface area (Å²) in [6.07, 6.45) is 0. The third-order valence-electron chi connectivity index (χ3n) is 2.36. The molecular weight excluding hydrogens is 426 g/mol. The molecule has 17 heavy (non-hydrogen) atoms. The van der Waals surface area contributed by atoms with Crippen molar-refractivity contribution in [2.24, 2.45) is 0 Å². The molecule has 0 saturated carbocycles. The Morgan fingerprint density at radius 1 is 1.06 bits per heavy atom. The van der Waals surface area contributed by atoms with Crippen LogP contribution in [0.2, 0.25) is 29.6 Å². The molecule has 0 radical (unpaired) electrons. The fraction of sp³-hybridized carbons (Fsp3) is 0.462. The molecule has 0 aliphatic heterocycles. The standard InChI is InChI=1S/C7H5O2.6CH3.2Sn/c8-7(9)6-4-2-1-3-5-6;;;;;;;;/h1-2,4-5H,(H,8,9);6*1H3;;/q;;;;;;;;+1/p-1. The second-order valence-corrected chi connectivity index (χ2v) is 33.5. The van der Waals surface area contributed by atoms with Crippen molar-refractivity contribution < 1.29 is 7.87 Å². The number of rotatable bonds is 3. The van der Waals surface area contributed by atoms with Gasteiger partial charge in [0.25, 0.3) is 0 Å². The molecule has 0 heterocycles. The first kappa shape index (κ1) is 15.3. The molecule has 0 saturated heterocycles. The predicted octanol–water partition coefficient (Wildman–Crippen LogP) is 3.22. The SMILES string of the molecule is [CH3][Sn]([CH3])([CH3])[O]C(=O)c1ccc[c]([Sn]([CH3])([CH3])[CH3])c1. The van der Waals surface area contributed by atoms with Crippen molar-refractivity contribution in [1.82, 2.24) is 0 Å². The van der Waals surface area contributed by atoms with Crippen molar-refractivity contribution >= 4 is 46.7 Å². The molecule has 0 amide bonds. The van der Waals surface area contributed by atoms with E-state index in [2.05, 4.69) is 35.7 Å². The van der Waals surface area contributed by atoms with E-state index in [0.29, 0.717) is 0 Å². The van der Waals surface area contributed by atoms with Crippen LogP contribution in [0.5, 0.6) is 0 Å². The Kier molecular flexibility index (Phi) is 4.97. The topological polar surface area (TPSA) is 26.3 Å². The van der Waals surface area contributed by atoms with Crippen LogP contribution in [0.25, 0.3) is 0 Å². The average molecular weight is 448 g/mol. The van der Waals surface area contributed by atoms with Crippen LogP contribution >= 0.6 is 0 Å². The molecule has 0 spiro atoms. The van der Waals surface area contributed by atoms with Crippen molar-refractivity contribution in [3.8, 4) is 0 Å². The van der Waals surface area contributed by atoms with Crippen LogP contribution in [0, 0.1) is 0 Å². The number of benzene rings is 1. The average Bonchev–Trinajstić information content (AvgIpc) is 2.14. The van der Waals surface area contributed by atoms with Gasteiger partial charge in [-0.2, -0.15) is 0 Å². The van der Waals surface area contributed by atoms with Gasteiger partial charge in [-0.05, 0) is 0 Å². The summed E-state index contributed by atoms with van der Waals surface area (Å²) in [7, 11) is 0. The van der Waals surface area contributed by atoms with E-state index in [0.717, 1.165) is 5.56 Å². The van der Waals surface area contributed by atoms with E-state index >= 15 is 0 Å². The quantitative estimate of drug-likeness (QED) is 0.665. The zero-order valence-electron chi connectivity index (χ0n) is 11.6. The van der Waals surface area contributed by atoms with Crippen LogP contribution in [-0.4, -0.2) is 43.1 Å². The minimum absolute atomic E-state index is 0.134. The summed E-state index contributed by atoms with van der Waals surface area (Å²) in [5, 5.41) is 0. The van der Waals surface area contributed by atoms with Gasteiger partial charge in [-0.15, -0.1) is 0 Å². The van der Waals surface area contributed by atoms with Gasteiger partial charge < -0.3 is 0 Å². The van der Waals surface area contributed by atoms with Crippen molar-refractivity contribution in [2.45, 2.75) is 29.6 Å². The molecule has 0 bridgehead atoms. The van der Waals surface area contributed by atoms with E-state index in [1.807, 2.05) is 18.2 Å². The second-order valence-electron chi connectivity index (χ2n) is 6.33. The molecule has 0 atom stereocenters. The summed E-state index contributed by atoms with van der Waals surface area (Å²) in [5.74, 6) is -0.134. The van der Waals surface area contributed by atoms with Crippen LogP contribution in [0.15, 0.2) is 24.3 Å². The fourth-order valence-electron chi connectivity index (χ4n) is 1.45. The number of carbonyl (C=O) groups excluding carboxylic acids is 1. The third-order valence-corrected chi connectivity index (χ3v) is 10.5. The van der Waals surface area contributed by atoms with Crippen LogP contribution in [0.3, 0.4) is 0 Å². The van der Waals surface area contributed by atoms with Gasteiger partial charge in [-0.1, -0.05) is 0 Å². The number of hydrogen-bond acceptors (Lipinski definition) is 2. The maximum absolute atomic E-state index is 12.0. The first-order valence-corrected chi connectivity index (χ1v) is 25.7. The van der Waals surface area contributed by atoms with Gasteiger partial charge in [-0.25, -0.2) is 0 Å². The Hall–Kier alpha value is 0.287. The normalized spacial score (nSPS) is 12.4. The molecule has 4 heteroatoms. The van der Waals surface area contributed by atoms with Crippen LogP contribution in [0.1, 0.15) is 10.4 Å². The van der Waals surface area contributed by atoms with Crippen LogP contribution in [-0.2, 0) is 3.07 Å². The summed E-state index contributed by atoms with van der Waals surface area (Å²) in [5.41, 5.74) is 0.723. The van der Waals surface area contributed by atoms with Crippen LogP contribution in [0.4, 0.5) is 0 Å². The molecule has 1 rings (SSSR count). The summed E-state index contributed by atoms with van der Waals surface area (Å²) < 4.78 is 6.96. The van der Waals surface area contributed by atoms with Gasteiger partial charge in [0.2, 0.25) is 0 Å². The molecule has 0 N–H and O–H groups in total. The van der Waals surface area contributed by atoms with Gasteiger partial charge in [-0.3, -0.25) is 0 Å². The van der Waals surface area contributed by atoms with Gasteiger partial charge in [0.15, 0.2) is 0 Å². The minimum atomic E-state index is -2.50. The summed E-state index contributed by atoms with van der Waals surface area (Å²) in [4.78, 5) is 25.3. The van der Waals surface area contributed by atoms with Crippen LogP contribution < -0.4 is 3.58 Å². The van der Waals surface area contributed by atoms with Crippen molar-refractivity contribution in [3.63, 3.8) is 0 Å². The van der Waals surface area contributed by atoms with E-state index in [1.54, 1.807) is 0 Å². The molecule has 0 unspecified atom stereocenters. The van der Waals surface area contributed by atoms with E-state index in [1.165, 1.54) is 3.58 Å². The second kappa shape index (κ2) is 5.51. The van der Waals surface area contributed by atoms with Gasteiger partial charge in [0.1, 0.15) is 0 Å². The first-order chi connectivity index (χ1) is 7.59. The number of carbonyl (C=O) groups is 1. The molecule has 0 aromatic heterocycles. The van der Waals surface area contributed by atoms with Crippen molar-refractivity contribution in [3.05, 3.63) is 29.8 Å². The Bertz CT molecular complexity index is 414. The Morgan fingerprint density at radius 3 is 2.12 bits per heavy atom. The Morgan fingerprint density at radius 2 is 1.65 bits per heavy atom. The van der Waals surface area contributed by atoms with E-state index in [-0.39, 0.29) is 5.97 Å². The number of hydrogen-bond donors (Lipinski definition) is 0. The molecule has 0 aliphatic rings. The molecule has 94 valence electrons. The molecule has 1 aromatic carbocycles. The molecule has 0 aliphatic carbocycles. The molecule has 1 aromatic rings. The van der Waals surface area contributed by atoms with Crippen molar-refractivity contribution in [1.29, 1.82) is 0 Å². The summed E-state index contributed by atoms with van der Waals surface area (Å²) in [6.45, 7) is 0. The zero-order chi connectivity index (χ0) is 13.3.